The van der Waals surface area contributed by atoms with Crippen LogP contribution in [0, 0.1) is 5.92 Å². The van der Waals surface area contributed by atoms with Crippen LogP contribution in [0.4, 0.5) is 0 Å². The van der Waals surface area contributed by atoms with Crippen molar-refractivity contribution in [3.8, 4) is 11.5 Å². The molecule has 0 spiro atoms. The number of likely N-dealkylation sites (tertiary alicyclic amines) is 1. The van der Waals surface area contributed by atoms with Crippen LogP contribution < -0.4 is 14.8 Å². The fourth-order valence-corrected chi connectivity index (χ4v) is 2.99. The number of nitrogens with one attached hydrogen (secondary N) is 1. The molecule has 2 aromatic rings. The van der Waals surface area contributed by atoms with Crippen LogP contribution in [0.2, 0.25) is 0 Å². The van der Waals surface area contributed by atoms with Gasteiger partial charge in [-0.1, -0.05) is 0 Å². The van der Waals surface area contributed by atoms with Crippen LogP contribution in [0.15, 0.2) is 41.0 Å². The van der Waals surface area contributed by atoms with E-state index in [4.69, 9.17) is 13.9 Å². The van der Waals surface area contributed by atoms with Crippen LogP contribution in [0.5, 0.6) is 11.5 Å². The summed E-state index contributed by atoms with van der Waals surface area (Å²) >= 11 is 0. The lowest BCUT2D eigenvalue weighted by atomic mass is 10.1. The van der Waals surface area contributed by atoms with E-state index < -0.39 is 0 Å². The van der Waals surface area contributed by atoms with E-state index in [1.807, 2.05) is 18.2 Å². The maximum Gasteiger partial charge on any atom is 0.225 e. The molecule has 1 aromatic heterocycles. The zero-order valence-electron chi connectivity index (χ0n) is 14.9. The zero-order valence-corrected chi connectivity index (χ0v) is 14.9. The molecule has 7 heteroatoms. The number of nitrogens with zero attached hydrogens (tertiary/aromatic N) is 1. The molecule has 1 saturated heterocycles. The van der Waals surface area contributed by atoms with Crippen molar-refractivity contribution in [2.75, 3.05) is 20.8 Å². The Balaban J connectivity index is 1.56. The molecule has 0 unspecified atom stereocenters. The van der Waals surface area contributed by atoms with Gasteiger partial charge in [0.25, 0.3) is 0 Å². The van der Waals surface area contributed by atoms with E-state index in [1.165, 1.54) is 0 Å². The van der Waals surface area contributed by atoms with Crippen molar-refractivity contribution in [3.63, 3.8) is 0 Å². The van der Waals surface area contributed by atoms with Crippen molar-refractivity contribution >= 4 is 11.8 Å². The maximum atomic E-state index is 12.4. The van der Waals surface area contributed by atoms with Gasteiger partial charge in [0.2, 0.25) is 11.8 Å². The monoisotopic (exact) mass is 358 g/mol. The Labute approximate surface area is 151 Å². The number of carbonyl (C=O) groups excluding carboxylic acids is 2. The van der Waals surface area contributed by atoms with Crippen molar-refractivity contribution in [1.29, 1.82) is 0 Å². The molecule has 1 aromatic carbocycles. The third-order valence-electron chi connectivity index (χ3n) is 4.39. The molecule has 3 rings (SSSR count). The van der Waals surface area contributed by atoms with E-state index in [0.29, 0.717) is 36.9 Å². The molecule has 7 nitrogen and oxygen atoms in total. The zero-order chi connectivity index (χ0) is 18.5. The Morgan fingerprint density at radius 1 is 1.27 bits per heavy atom. The Bertz CT molecular complexity index is 750. The van der Waals surface area contributed by atoms with Crippen molar-refractivity contribution in [2.24, 2.45) is 5.92 Å². The Kier molecular flexibility index (Phi) is 5.46. The average molecular weight is 358 g/mol. The van der Waals surface area contributed by atoms with Crippen molar-refractivity contribution in [1.82, 2.24) is 10.2 Å². The molecule has 2 heterocycles. The van der Waals surface area contributed by atoms with Gasteiger partial charge in [-0.3, -0.25) is 9.59 Å². The first-order chi connectivity index (χ1) is 12.6. The highest BCUT2D eigenvalue weighted by Crippen LogP contribution is 2.23. The Morgan fingerprint density at radius 3 is 2.62 bits per heavy atom. The second-order valence-corrected chi connectivity index (χ2v) is 6.19. The SMILES string of the molecule is COc1cc(CNC(=O)[C@@H]2CC(=O)N(Cc3ccco3)C2)cc(OC)c1. The fraction of sp³-hybridized carbons (Fsp3) is 0.368. The number of hydrogen-bond donors (Lipinski definition) is 1. The van der Waals surface area contributed by atoms with Crippen LogP contribution in [0.3, 0.4) is 0 Å². The van der Waals surface area contributed by atoms with E-state index >= 15 is 0 Å². The van der Waals surface area contributed by atoms with Gasteiger partial charge in [0.1, 0.15) is 17.3 Å². The molecule has 0 bridgehead atoms. The number of amides is 2. The van der Waals surface area contributed by atoms with Crippen molar-refractivity contribution < 1.29 is 23.5 Å². The molecule has 1 aliphatic rings. The fourth-order valence-electron chi connectivity index (χ4n) is 2.99. The second kappa shape index (κ2) is 7.95. The second-order valence-electron chi connectivity index (χ2n) is 6.19. The van der Waals surface area contributed by atoms with E-state index in [-0.39, 0.29) is 24.2 Å². The maximum absolute atomic E-state index is 12.4. The molecule has 1 aliphatic heterocycles. The minimum atomic E-state index is -0.357. The van der Waals surface area contributed by atoms with Gasteiger partial charge in [0, 0.05) is 25.6 Å². The highest BCUT2D eigenvalue weighted by molar-refractivity contribution is 5.89. The molecule has 26 heavy (non-hydrogen) atoms. The van der Waals surface area contributed by atoms with Gasteiger partial charge in [-0.15, -0.1) is 0 Å². The first kappa shape index (κ1) is 17.8. The van der Waals surface area contributed by atoms with Gasteiger partial charge in [-0.2, -0.15) is 0 Å². The molecule has 2 amide bonds. The summed E-state index contributed by atoms with van der Waals surface area (Å²) < 4.78 is 15.7. The molecule has 0 saturated carbocycles. The normalized spacial score (nSPS) is 16.6. The van der Waals surface area contributed by atoms with E-state index in [0.717, 1.165) is 5.56 Å². The van der Waals surface area contributed by atoms with Gasteiger partial charge in [-0.05, 0) is 29.8 Å². The third kappa shape index (κ3) is 4.17. The predicted octanol–water partition coefficient (Wildman–Crippen LogP) is 1.96. The summed E-state index contributed by atoms with van der Waals surface area (Å²) in [5, 5.41) is 2.89. The Morgan fingerprint density at radius 2 is 2.00 bits per heavy atom. The lowest BCUT2D eigenvalue weighted by Crippen LogP contribution is -2.32. The minimum Gasteiger partial charge on any atom is -0.497 e. The van der Waals surface area contributed by atoms with Crippen molar-refractivity contribution in [3.05, 3.63) is 47.9 Å². The molecule has 0 aliphatic carbocycles. The summed E-state index contributed by atoms with van der Waals surface area (Å²) in [6.07, 6.45) is 1.79. The van der Waals surface area contributed by atoms with Gasteiger partial charge in [-0.25, -0.2) is 0 Å². The molecule has 1 fully saturated rings. The summed E-state index contributed by atoms with van der Waals surface area (Å²) in [5.41, 5.74) is 0.867. The molecular formula is C19H22N2O5. The first-order valence-electron chi connectivity index (χ1n) is 8.39. The number of methoxy groups -OCH3 is 2. The number of hydrogen-bond acceptors (Lipinski definition) is 5. The highest BCUT2D eigenvalue weighted by atomic mass is 16.5. The molecule has 1 N–H and O–H groups in total. The number of carbonyl (C=O) groups is 2. The largest absolute Gasteiger partial charge is 0.497 e. The van der Waals surface area contributed by atoms with Crippen LogP contribution in [0.1, 0.15) is 17.7 Å². The summed E-state index contributed by atoms with van der Waals surface area (Å²) in [6.45, 7) is 1.13. The van der Waals surface area contributed by atoms with Gasteiger partial charge in [0.15, 0.2) is 0 Å². The van der Waals surface area contributed by atoms with Crippen LogP contribution in [-0.4, -0.2) is 37.5 Å². The lowest BCUT2D eigenvalue weighted by molar-refractivity contribution is -0.129. The van der Waals surface area contributed by atoms with E-state index in [2.05, 4.69) is 5.32 Å². The predicted molar refractivity (Wildman–Crippen MR) is 93.6 cm³/mol. The van der Waals surface area contributed by atoms with Crippen molar-refractivity contribution in [2.45, 2.75) is 19.5 Å². The number of benzene rings is 1. The lowest BCUT2D eigenvalue weighted by Gasteiger charge is -2.15. The quantitative estimate of drug-likeness (QED) is 0.818. The standard InChI is InChI=1S/C19H22N2O5/c1-24-16-6-13(7-17(9-16)25-2)10-20-19(23)14-8-18(22)21(11-14)12-15-4-3-5-26-15/h3-7,9,14H,8,10-12H2,1-2H3,(H,20,23)/t14-/m1/s1. The molecule has 138 valence electrons. The third-order valence-corrected chi connectivity index (χ3v) is 4.39. The van der Waals surface area contributed by atoms with E-state index in [9.17, 15) is 9.59 Å². The molecule has 0 radical (unpaired) electrons. The summed E-state index contributed by atoms with van der Waals surface area (Å²) in [6, 6.07) is 9.05. The molecular weight excluding hydrogens is 336 g/mol. The summed E-state index contributed by atoms with van der Waals surface area (Å²) in [5.74, 6) is 1.50. The van der Waals surface area contributed by atoms with Crippen LogP contribution in [-0.2, 0) is 22.7 Å². The number of furan rings is 1. The smallest absolute Gasteiger partial charge is 0.225 e. The van der Waals surface area contributed by atoms with Crippen LogP contribution >= 0.6 is 0 Å². The highest BCUT2D eigenvalue weighted by Gasteiger charge is 2.34. The summed E-state index contributed by atoms with van der Waals surface area (Å²) in [7, 11) is 3.16. The number of ether oxygens (including phenoxy) is 2. The topological polar surface area (TPSA) is 81.0 Å². The van der Waals surface area contributed by atoms with Crippen LogP contribution in [0.25, 0.3) is 0 Å². The van der Waals surface area contributed by atoms with Gasteiger partial charge in [0.05, 0.1) is 32.9 Å². The number of rotatable bonds is 7. The molecule has 1 atom stereocenters. The average Bonchev–Trinajstić information content (AvgIpc) is 3.30. The minimum absolute atomic E-state index is 0.0374. The van der Waals surface area contributed by atoms with Gasteiger partial charge < -0.3 is 24.1 Å². The summed E-state index contributed by atoms with van der Waals surface area (Å²) in [4.78, 5) is 26.2. The first-order valence-corrected chi connectivity index (χ1v) is 8.39. The Hall–Kier alpha value is -2.96. The van der Waals surface area contributed by atoms with Gasteiger partial charge >= 0.3 is 0 Å². The van der Waals surface area contributed by atoms with E-state index in [1.54, 1.807) is 37.5 Å².